The van der Waals surface area contributed by atoms with Gasteiger partial charge in [0.15, 0.2) is 0 Å². The van der Waals surface area contributed by atoms with Crippen molar-refractivity contribution in [3.05, 3.63) is 29.6 Å². The average molecular weight is 283 g/mol. The number of halogens is 1. The molecule has 0 saturated heterocycles. The van der Waals surface area contributed by atoms with Crippen molar-refractivity contribution in [2.24, 2.45) is 5.73 Å². The first kappa shape index (κ1) is 15.4. The Kier molecular flexibility index (Phi) is 5.69. The van der Waals surface area contributed by atoms with E-state index in [2.05, 4.69) is 5.32 Å². The van der Waals surface area contributed by atoms with Crippen LogP contribution in [0.5, 0.6) is 0 Å². The minimum absolute atomic E-state index is 0.118. The molecule has 0 aromatic heterocycles. The van der Waals surface area contributed by atoms with Gasteiger partial charge < -0.3 is 16.0 Å². The Balaban J connectivity index is 3.14. The van der Waals surface area contributed by atoms with Gasteiger partial charge in [0.25, 0.3) is 0 Å². The summed E-state index contributed by atoms with van der Waals surface area (Å²) in [4.78, 5) is 13.5. The highest BCUT2D eigenvalue weighted by atomic mass is 32.1. The van der Waals surface area contributed by atoms with Gasteiger partial charge in [0, 0.05) is 24.8 Å². The van der Waals surface area contributed by atoms with Crippen molar-refractivity contribution in [2.45, 2.75) is 13.3 Å². The lowest BCUT2D eigenvalue weighted by atomic mass is 10.1. The molecular formula is C13H18FN3OS. The van der Waals surface area contributed by atoms with Crippen LogP contribution in [0.1, 0.15) is 18.9 Å². The van der Waals surface area contributed by atoms with Crippen LogP contribution < -0.4 is 16.0 Å². The van der Waals surface area contributed by atoms with Gasteiger partial charge in [-0.15, -0.1) is 0 Å². The zero-order valence-corrected chi connectivity index (χ0v) is 11.9. The van der Waals surface area contributed by atoms with Crippen LogP contribution in [0.4, 0.5) is 10.1 Å². The summed E-state index contributed by atoms with van der Waals surface area (Å²) in [7, 11) is 1.57. The molecule has 0 fully saturated rings. The quantitative estimate of drug-likeness (QED) is 0.775. The summed E-state index contributed by atoms with van der Waals surface area (Å²) in [5.74, 6) is -0.519. The molecule has 1 amide bonds. The first-order valence-electron chi connectivity index (χ1n) is 6.04. The number of nitrogens with one attached hydrogen (secondary N) is 1. The van der Waals surface area contributed by atoms with Crippen LogP contribution in [-0.4, -0.2) is 31.0 Å². The molecule has 0 atom stereocenters. The largest absolute Gasteiger partial charge is 0.389 e. The molecule has 0 unspecified atom stereocenters. The highest BCUT2D eigenvalue weighted by Gasteiger charge is 2.15. The monoisotopic (exact) mass is 283 g/mol. The van der Waals surface area contributed by atoms with E-state index in [-0.39, 0.29) is 17.4 Å². The van der Waals surface area contributed by atoms with Crippen LogP contribution in [0.3, 0.4) is 0 Å². The predicted molar refractivity (Wildman–Crippen MR) is 78.9 cm³/mol. The summed E-state index contributed by atoms with van der Waals surface area (Å²) in [6.07, 6.45) is 0.852. The van der Waals surface area contributed by atoms with Gasteiger partial charge in [0.2, 0.25) is 5.91 Å². The van der Waals surface area contributed by atoms with Gasteiger partial charge in [-0.2, -0.15) is 0 Å². The summed E-state index contributed by atoms with van der Waals surface area (Å²) < 4.78 is 13.3. The van der Waals surface area contributed by atoms with Gasteiger partial charge in [-0.05, 0) is 24.6 Å². The number of nitrogens with two attached hydrogens (primary N) is 1. The number of benzene rings is 1. The Bertz CT molecular complexity index is 479. The van der Waals surface area contributed by atoms with E-state index in [1.54, 1.807) is 13.1 Å². The number of likely N-dealkylation sites (N-methyl/N-ethyl adjacent to an activating group) is 1. The number of rotatable bonds is 6. The van der Waals surface area contributed by atoms with Crippen molar-refractivity contribution in [1.29, 1.82) is 0 Å². The molecule has 1 rings (SSSR count). The molecule has 0 aliphatic rings. The van der Waals surface area contributed by atoms with E-state index in [4.69, 9.17) is 18.0 Å². The van der Waals surface area contributed by atoms with Crippen molar-refractivity contribution >= 4 is 28.8 Å². The lowest BCUT2D eigenvalue weighted by molar-refractivity contribution is -0.119. The molecule has 0 heterocycles. The second kappa shape index (κ2) is 7.04. The zero-order chi connectivity index (χ0) is 14.4. The van der Waals surface area contributed by atoms with E-state index in [1.807, 2.05) is 11.8 Å². The average Bonchev–Trinajstić information content (AvgIpc) is 2.38. The van der Waals surface area contributed by atoms with Crippen LogP contribution in [0, 0.1) is 5.82 Å². The number of nitrogens with zero attached hydrogens (tertiary/aromatic N) is 1. The Hall–Kier alpha value is -1.69. The topological polar surface area (TPSA) is 58.4 Å². The molecule has 0 spiro atoms. The smallest absolute Gasteiger partial charge is 0.239 e. The molecule has 19 heavy (non-hydrogen) atoms. The van der Waals surface area contributed by atoms with Crippen molar-refractivity contribution < 1.29 is 9.18 Å². The predicted octanol–water partition coefficient (Wildman–Crippen LogP) is 1.42. The maximum Gasteiger partial charge on any atom is 0.239 e. The summed E-state index contributed by atoms with van der Waals surface area (Å²) in [6.45, 7) is 2.85. The number of thiocarbonyl (C=S) groups is 1. The van der Waals surface area contributed by atoms with E-state index in [0.717, 1.165) is 6.42 Å². The molecule has 1 aromatic carbocycles. The number of carbonyl (C=O) groups excluding carboxylic acids is 1. The summed E-state index contributed by atoms with van der Waals surface area (Å²) in [5, 5.41) is 2.56. The number of carbonyl (C=O) groups is 1. The number of hydrogen-bond acceptors (Lipinski definition) is 3. The summed E-state index contributed by atoms with van der Waals surface area (Å²) >= 11 is 4.94. The minimum Gasteiger partial charge on any atom is -0.389 e. The highest BCUT2D eigenvalue weighted by Crippen LogP contribution is 2.22. The van der Waals surface area contributed by atoms with Crippen LogP contribution in [-0.2, 0) is 4.79 Å². The molecule has 0 radical (unpaired) electrons. The summed E-state index contributed by atoms with van der Waals surface area (Å²) in [6, 6.07) is 4.23. The van der Waals surface area contributed by atoms with Crippen LogP contribution in [0.2, 0.25) is 0 Å². The van der Waals surface area contributed by atoms with Crippen molar-refractivity contribution in [1.82, 2.24) is 5.32 Å². The third-order valence-electron chi connectivity index (χ3n) is 2.67. The van der Waals surface area contributed by atoms with E-state index >= 15 is 0 Å². The van der Waals surface area contributed by atoms with E-state index in [0.29, 0.717) is 17.8 Å². The molecule has 104 valence electrons. The van der Waals surface area contributed by atoms with Crippen molar-refractivity contribution in [3.8, 4) is 0 Å². The molecule has 4 nitrogen and oxygen atoms in total. The SMILES string of the molecule is CCCN(CC(=O)NC)c1ccc(F)cc1C(N)=S. The van der Waals surface area contributed by atoms with Crippen molar-refractivity contribution in [2.75, 3.05) is 25.0 Å². The van der Waals surface area contributed by atoms with Gasteiger partial charge in [0.1, 0.15) is 10.8 Å². The first-order valence-corrected chi connectivity index (χ1v) is 6.45. The molecular weight excluding hydrogens is 265 g/mol. The molecule has 0 saturated carbocycles. The standard InChI is InChI=1S/C13H18FN3OS/c1-3-6-17(8-12(18)16-2)11-5-4-9(14)7-10(11)13(15)19/h4-5,7H,3,6,8H2,1-2H3,(H2,15,19)(H,16,18). The second-order valence-electron chi connectivity index (χ2n) is 4.12. The lowest BCUT2D eigenvalue weighted by Gasteiger charge is -2.25. The third-order valence-corrected chi connectivity index (χ3v) is 2.89. The van der Waals surface area contributed by atoms with E-state index < -0.39 is 5.82 Å². The van der Waals surface area contributed by atoms with E-state index in [9.17, 15) is 9.18 Å². The summed E-state index contributed by atoms with van der Waals surface area (Å²) in [5.41, 5.74) is 6.75. The third kappa shape index (κ3) is 4.17. The fourth-order valence-electron chi connectivity index (χ4n) is 1.79. The Labute approximate surface area is 117 Å². The molecule has 3 N–H and O–H groups in total. The molecule has 0 aliphatic heterocycles. The van der Waals surface area contributed by atoms with Gasteiger partial charge in [-0.3, -0.25) is 4.79 Å². The van der Waals surface area contributed by atoms with Gasteiger partial charge in [-0.25, -0.2) is 4.39 Å². The van der Waals surface area contributed by atoms with Crippen LogP contribution in [0.25, 0.3) is 0 Å². The number of hydrogen-bond donors (Lipinski definition) is 2. The number of amides is 1. The minimum atomic E-state index is -0.400. The van der Waals surface area contributed by atoms with E-state index in [1.165, 1.54) is 12.1 Å². The number of anilines is 1. The van der Waals surface area contributed by atoms with Gasteiger partial charge in [0.05, 0.1) is 6.54 Å². The Morgan fingerprint density at radius 3 is 2.74 bits per heavy atom. The normalized spacial score (nSPS) is 10.1. The molecule has 0 bridgehead atoms. The van der Waals surface area contributed by atoms with Crippen molar-refractivity contribution in [3.63, 3.8) is 0 Å². The maximum absolute atomic E-state index is 13.3. The molecule has 6 heteroatoms. The Morgan fingerprint density at radius 2 is 2.21 bits per heavy atom. The lowest BCUT2D eigenvalue weighted by Crippen LogP contribution is -2.37. The highest BCUT2D eigenvalue weighted by molar-refractivity contribution is 7.80. The molecule has 0 aliphatic carbocycles. The Morgan fingerprint density at radius 1 is 1.53 bits per heavy atom. The zero-order valence-electron chi connectivity index (χ0n) is 11.1. The van der Waals surface area contributed by atoms with Crippen LogP contribution >= 0.6 is 12.2 Å². The van der Waals surface area contributed by atoms with Crippen LogP contribution in [0.15, 0.2) is 18.2 Å². The second-order valence-corrected chi connectivity index (χ2v) is 4.56. The fraction of sp³-hybridized carbons (Fsp3) is 0.385. The van der Waals surface area contributed by atoms with Gasteiger partial charge >= 0.3 is 0 Å². The first-order chi connectivity index (χ1) is 8.99. The maximum atomic E-state index is 13.3. The molecule has 1 aromatic rings. The fourth-order valence-corrected chi connectivity index (χ4v) is 1.95. The van der Waals surface area contributed by atoms with Gasteiger partial charge in [-0.1, -0.05) is 19.1 Å².